The van der Waals surface area contributed by atoms with E-state index in [2.05, 4.69) is 11.1 Å². The second kappa shape index (κ2) is 5.72. The highest BCUT2D eigenvalue weighted by molar-refractivity contribution is 5.48. The standard InChI is InChI=1S/C16H17N3O/c1-10-6-13(9-17)7-11(2)16(10)20-15-8-14(12(3)18)4-5-19-15/h4-8,12H,18H2,1-3H3/t12-/m0/s1. The molecule has 0 saturated heterocycles. The van der Waals surface area contributed by atoms with Crippen molar-refractivity contribution in [3.8, 4) is 17.7 Å². The summed E-state index contributed by atoms with van der Waals surface area (Å²) in [7, 11) is 0. The van der Waals surface area contributed by atoms with Gasteiger partial charge in [-0.2, -0.15) is 5.26 Å². The maximum atomic E-state index is 8.95. The topological polar surface area (TPSA) is 71.9 Å². The van der Waals surface area contributed by atoms with Crippen LogP contribution in [0.2, 0.25) is 0 Å². The summed E-state index contributed by atoms with van der Waals surface area (Å²) in [6.45, 7) is 5.74. The molecule has 0 radical (unpaired) electrons. The first-order chi connectivity index (χ1) is 9.51. The summed E-state index contributed by atoms with van der Waals surface area (Å²) in [5.74, 6) is 1.24. The van der Waals surface area contributed by atoms with E-state index in [0.717, 1.165) is 22.4 Å². The van der Waals surface area contributed by atoms with E-state index in [4.69, 9.17) is 15.7 Å². The molecule has 20 heavy (non-hydrogen) atoms. The molecule has 0 aliphatic rings. The zero-order valence-electron chi connectivity index (χ0n) is 11.8. The molecule has 2 rings (SSSR count). The normalized spacial score (nSPS) is 11.8. The van der Waals surface area contributed by atoms with Gasteiger partial charge in [0.15, 0.2) is 0 Å². The highest BCUT2D eigenvalue weighted by Gasteiger charge is 2.09. The van der Waals surface area contributed by atoms with Crippen LogP contribution in [0.15, 0.2) is 30.5 Å². The third-order valence-electron chi connectivity index (χ3n) is 3.08. The van der Waals surface area contributed by atoms with Crippen LogP contribution in [0.25, 0.3) is 0 Å². The average molecular weight is 267 g/mol. The van der Waals surface area contributed by atoms with Crippen molar-refractivity contribution in [3.63, 3.8) is 0 Å². The number of nitrogens with zero attached hydrogens (tertiary/aromatic N) is 2. The van der Waals surface area contributed by atoms with Crippen molar-refractivity contribution in [2.24, 2.45) is 5.73 Å². The molecule has 0 bridgehead atoms. The van der Waals surface area contributed by atoms with E-state index >= 15 is 0 Å². The Balaban J connectivity index is 2.36. The number of benzene rings is 1. The quantitative estimate of drug-likeness (QED) is 0.925. The summed E-state index contributed by atoms with van der Waals surface area (Å²) in [6, 6.07) is 9.38. The van der Waals surface area contributed by atoms with Crippen LogP contribution in [0.1, 0.15) is 35.2 Å². The summed E-state index contributed by atoms with van der Waals surface area (Å²) in [5, 5.41) is 8.95. The van der Waals surface area contributed by atoms with E-state index in [1.54, 1.807) is 18.3 Å². The zero-order chi connectivity index (χ0) is 14.7. The maximum absolute atomic E-state index is 8.95. The number of hydrogen-bond acceptors (Lipinski definition) is 4. The third-order valence-corrected chi connectivity index (χ3v) is 3.08. The smallest absolute Gasteiger partial charge is 0.219 e. The minimum Gasteiger partial charge on any atom is -0.438 e. The Morgan fingerprint density at radius 1 is 1.25 bits per heavy atom. The molecule has 1 aromatic carbocycles. The molecular weight excluding hydrogens is 250 g/mol. The van der Waals surface area contributed by atoms with Gasteiger partial charge in [0.25, 0.3) is 0 Å². The van der Waals surface area contributed by atoms with Crippen molar-refractivity contribution in [2.45, 2.75) is 26.8 Å². The predicted molar refractivity (Wildman–Crippen MR) is 77.5 cm³/mol. The first kappa shape index (κ1) is 14.0. The molecule has 4 heteroatoms. The van der Waals surface area contributed by atoms with E-state index in [0.29, 0.717) is 11.4 Å². The molecule has 0 unspecified atom stereocenters. The molecule has 1 aromatic heterocycles. The highest BCUT2D eigenvalue weighted by atomic mass is 16.5. The lowest BCUT2D eigenvalue weighted by Gasteiger charge is -2.13. The Hall–Kier alpha value is -2.38. The molecule has 2 aromatic rings. The second-order valence-corrected chi connectivity index (χ2v) is 4.87. The second-order valence-electron chi connectivity index (χ2n) is 4.87. The number of nitriles is 1. The summed E-state index contributed by atoms with van der Waals surface area (Å²) in [6.07, 6.45) is 1.68. The van der Waals surface area contributed by atoms with Crippen LogP contribution in [0.3, 0.4) is 0 Å². The molecule has 0 aliphatic heterocycles. The van der Waals surface area contributed by atoms with Gasteiger partial charge >= 0.3 is 0 Å². The van der Waals surface area contributed by atoms with Gasteiger partial charge in [-0.25, -0.2) is 4.98 Å². The molecule has 0 aliphatic carbocycles. The number of ether oxygens (including phenoxy) is 1. The average Bonchev–Trinajstić information content (AvgIpc) is 2.42. The van der Waals surface area contributed by atoms with Crippen LogP contribution in [0.5, 0.6) is 11.6 Å². The van der Waals surface area contributed by atoms with Crippen LogP contribution in [0.4, 0.5) is 0 Å². The van der Waals surface area contributed by atoms with Gasteiger partial charge in [0.2, 0.25) is 5.88 Å². The van der Waals surface area contributed by atoms with Gasteiger partial charge in [-0.05, 0) is 55.7 Å². The summed E-state index contributed by atoms with van der Waals surface area (Å²) in [4.78, 5) is 4.20. The lowest BCUT2D eigenvalue weighted by Crippen LogP contribution is -2.05. The first-order valence-corrected chi connectivity index (χ1v) is 6.42. The zero-order valence-corrected chi connectivity index (χ0v) is 11.8. The first-order valence-electron chi connectivity index (χ1n) is 6.42. The summed E-state index contributed by atoms with van der Waals surface area (Å²) >= 11 is 0. The van der Waals surface area contributed by atoms with E-state index < -0.39 is 0 Å². The van der Waals surface area contributed by atoms with Gasteiger partial charge in [-0.3, -0.25) is 0 Å². The van der Waals surface area contributed by atoms with Crippen LogP contribution in [-0.2, 0) is 0 Å². The Morgan fingerprint density at radius 2 is 1.90 bits per heavy atom. The molecule has 4 nitrogen and oxygen atoms in total. The lowest BCUT2D eigenvalue weighted by atomic mass is 10.1. The van der Waals surface area contributed by atoms with Crippen molar-refractivity contribution >= 4 is 0 Å². The van der Waals surface area contributed by atoms with Gasteiger partial charge in [0.1, 0.15) is 5.75 Å². The van der Waals surface area contributed by atoms with Crippen molar-refractivity contribution in [1.29, 1.82) is 5.26 Å². The van der Waals surface area contributed by atoms with E-state index in [1.807, 2.05) is 32.9 Å². The van der Waals surface area contributed by atoms with E-state index in [-0.39, 0.29) is 6.04 Å². The summed E-state index contributed by atoms with van der Waals surface area (Å²) in [5.41, 5.74) is 9.28. The molecule has 1 heterocycles. The van der Waals surface area contributed by atoms with Crippen LogP contribution < -0.4 is 10.5 Å². The van der Waals surface area contributed by atoms with Gasteiger partial charge < -0.3 is 10.5 Å². The van der Waals surface area contributed by atoms with Gasteiger partial charge in [-0.15, -0.1) is 0 Å². The molecule has 102 valence electrons. The molecule has 1 atom stereocenters. The molecule has 0 amide bonds. The van der Waals surface area contributed by atoms with Crippen molar-refractivity contribution in [3.05, 3.63) is 52.7 Å². The molecular formula is C16H17N3O. The maximum Gasteiger partial charge on any atom is 0.219 e. The number of nitrogens with two attached hydrogens (primary N) is 1. The monoisotopic (exact) mass is 267 g/mol. The fourth-order valence-electron chi connectivity index (χ4n) is 2.04. The number of hydrogen-bond donors (Lipinski definition) is 1. The minimum atomic E-state index is -0.0662. The number of pyridine rings is 1. The molecule has 0 spiro atoms. The van der Waals surface area contributed by atoms with Crippen molar-refractivity contribution in [1.82, 2.24) is 4.98 Å². The number of aromatic nitrogens is 1. The Bertz CT molecular complexity index is 649. The SMILES string of the molecule is Cc1cc(C#N)cc(C)c1Oc1cc([C@H](C)N)ccn1. The van der Waals surface area contributed by atoms with Crippen molar-refractivity contribution in [2.75, 3.05) is 0 Å². The van der Waals surface area contributed by atoms with Gasteiger partial charge in [0, 0.05) is 18.3 Å². The van der Waals surface area contributed by atoms with Crippen LogP contribution in [0, 0.1) is 25.2 Å². The fourth-order valence-corrected chi connectivity index (χ4v) is 2.04. The number of aryl methyl sites for hydroxylation is 2. The minimum absolute atomic E-state index is 0.0662. The van der Waals surface area contributed by atoms with Gasteiger partial charge in [0.05, 0.1) is 11.6 Å². The van der Waals surface area contributed by atoms with E-state index in [9.17, 15) is 0 Å². The molecule has 0 saturated carbocycles. The van der Waals surface area contributed by atoms with Crippen LogP contribution >= 0.6 is 0 Å². The molecule has 2 N–H and O–H groups in total. The Labute approximate surface area is 118 Å². The van der Waals surface area contributed by atoms with Crippen LogP contribution in [-0.4, -0.2) is 4.98 Å². The molecule has 0 fully saturated rings. The largest absolute Gasteiger partial charge is 0.438 e. The summed E-state index contributed by atoms with van der Waals surface area (Å²) < 4.78 is 5.85. The predicted octanol–water partition coefficient (Wildman–Crippen LogP) is 3.38. The van der Waals surface area contributed by atoms with Crippen molar-refractivity contribution < 1.29 is 4.74 Å². The third kappa shape index (κ3) is 2.95. The highest BCUT2D eigenvalue weighted by Crippen LogP contribution is 2.29. The van der Waals surface area contributed by atoms with Gasteiger partial charge in [-0.1, -0.05) is 0 Å². The fraction of sp³-hybridized carbons (Fsp3) is 0.250. The Morgan fingerprint density at radius 3 is 2.45 bits per heavy atom. The Kier molecular flexibility index (Phi) is 4.02. The lowest BCUT2D eigenvalue weighted by molar-refractivity contribution is 0.454. The number of rotatable bonds is 3. The van der Waals surface area contributed by atoms with E-state index in [1.165, 1.54) is 0 Å².